The van der Waals surface area contributed by atoms with E-state index < -0.39 is 0 Å². The second-order valence-corrected chi connectivity index (χ2v) is 8.45. The zero-order valence-corrected chi connectivity index (χ0v) is 15.8. The van der Waals surface area contributed by atoms with Gasteiger partial charge in [0.1, 0.15) is 0 Å². The Hall–Kier alpha value is -1.38. The first-order chi connectivity index (χ1) is 10.6. The van der Waals surface area contributed by atoms with Crippen LogP contribution in [0, 0.1) is 0 Å². The molecule has 0 saturated heterocycles. The molecule has 1 aliphatic rings. The Morgan fingerprint density at radius 3 is 2.30 bits per heavy atom. The average Bonchev–Trinajstić information content (AvgIpc) is 2.83. The molecule has 0 aromatic heterocycles. The normalized spacial score (nSPS) is 18.6. The SMILES string of the molecule is CN(C)CC1=CC(c2ccccc2C(C)(C)NC(C)(C)C)C=C1. The van der Waals surface area contributed by atoms with Gasteiger partial charge in [-0.05, 0) is 65.4 Å². The summed E-state index contributed by atoms with van der Waals surface area (Å²) in [6.45, 7) is 12.2. The Morgan fingerprint density at radius 2 is 1.70 bits per heavy atom. The monoisotopic (exact) mass is 312 g/mol. The summed E-state index contributed by atoms with van der Waals surface area (Å²) < 4.78 is 0. The summed E-state index contributed by atoms with van der Waals surface area (Å²) >= 11 is 0. The van der Waals surface area contributed by atoms with E-state index in [4.69, 9.17) is 0 Å². The Morgan fingerprint density at radius 1 is 1.04 bits per heavy atom. The highest BCUT2D eigenvalue weighted by Gasteiger charge is 2.29. The standard InChI is InChI=1S/C21H32N2/c1-20(2,3)22-21(4,5)19-11-9-8-10-18(19)17-13-12-16(14-17)15-23(6)7/h8-14,17,22H,15H2,1-7H3. The van der Waals surface area contributed by atoms with Crippen molar-refractivity contribution < 1.29 is 0 Å². The van der Waals surface area contributed by atoms with Crippen LogP contribution in [0.4, 0.5) is 0 Å². The highest BCUT2D eigenvalue weighted by molar-refractivity contribution is 5.46. The van der Waals surface area contributed by atoms with Crippen molar-refractivity contribution >= 4 is 0 Å². The van der Waals surface area contributed by atoms with Crippen LogP contribution in [0.3, 0.4) is 0 Å². The lowest BCUT2D eigenvalue weighted by molar-refractivity contribution is 0.285. The van der Waals surface area contributed by atoms with Crippen LogP contribution in [0.15, 0.2) is 48.1 Å². The molecule has 0 amide bonds. The zero-order chi connectivity index (χ0) is 17.3. The second kappa shape index (κ2) is 6.62. The van der Waals surface area contributed by atoms with Gasteiger partial charge in [0.05, 0.1) is 0 Å². The smallest absolute Gasteiger partial charge is 0.0384 e. The number of hydrogen-bond donors (Lipinski definition) is 1. The minimum Gasteiger partial charge on any atom is -0.305 e. The lowest BCUT2D eigenvalue weighted by Gasteiger charge is -2.37. The van der Waals surface area contributed by atoms with Crippen LogP contribution < -0.4 is 5.32 Å². The van der Waals surface area contributed by atoms with Gasteiger partial charge in [-0.25, -0.2) is 0 Å². The maximum Gasteiger partial charge on any atom is 0.0384 e. The quantitative estimate of drug-likeness (QED) is 0.864. The molecule has 2 rings (SSSR count). The average molecular weight is 313 g/mol. The summed E-state index contributed by atoms with van der Waals surface area (Å²) in [4.78, 5) is 2.22. The predicted octanol–water partition coefficient (Wildman–Crippen LogP) is 4.45. The van der Waals surface area contributed by atoms with Crippen molar-refractivity contribution in [3.05, 3.63) is 59.2 Å². The van der Waals surface area contributed by atoms with Crippen molar-refractivity contribution in [1.29, 1.82) is 0 Å². The molecule has 0 saturated carbocycles. The number of benzene rings is 1. The molecule has 0 bridgehead atoms. The van der Waals surface area contributed by atoms with Crippen LogP contribution in [0.1, 0.15) is 51.7 Å². The zero-order valence-electron chi connectivity index (χ0n) is 15.8. The lowest BCUT2D eigenvalue weighted by Crippen LogP contribution is -2.48. The number of allylic oxidation sites excluding steroid dienone is 2. The van der Waals surface area contributed by atoms with Gasteiger partial charge < -0.3 is 10.2 Å². The van der Waals surface area contributed by atoms with Gasteiger partial charge in [-0.1, -0.05) is 42.5 Å². The van der Waals surface area contributed by atoms with Gasteiger partial charge in [0, 0.05) is 23.5 Å². The maximum absolute atomic E-state index is 3.77. The van der Waals surface area contributed by atoms with Crippen LogP contribution in [0.2, 0.25) is 0 Å². The lowest BCUT2D eigenvalue weighted by atomic mass is 9.83. The molecule has 0 aliphatic heterocycles. The van der Waals surface area contributed by atoms with Crippen molar-refractivity contribution in [3.63, 3.8) is 0 Å². The summed E-state index contributed by atoms with van der Waals surface area (Å²) in [6.07, 6.45) is 6.99. The van der Waals surface area contributed by atoms with E-state index in [1.165, 1.54) is 16.7 Å². The van der Waals surface area contributed by atoms with E-state index in [1.54, 1.807) is 0 Å². The molecule has 1 aromatic carbocycles. The van der Waals surface area contributed by atoms with Crippen LogP contribution in [0.5, 0.6) is 0 Å². The van der Waals surface area contributed by atoms with Crippen LogP contribution in [-0.2, 0) is 5.54 Å². The second-order valence-electron chi connectivity index (χ2n) is 8.45. The van der Waals surface area contributed by atoms with Crippen LogP contribution >= 0.6 is 0 Å². The minimum absolute atomic E-state index is 0.0686. The van der Waals surface area contributed by atoms with E-state index in [2.05, 4.69) is 101 Å². The molecule has 1 unspecified atom stereocenters. The van der Waals surface area contributed by atoms with Crippen LogP contribution in [-0.4, -0.2) is 31.1 Å². The Labute approximate surface area is 142 Å². The van der Waals surface area contributed by atoms with Crippen molar-refractivity contribution in [2.45, 2.75) is 51.6 Å². The molecular formula is C21H32N2. The fraction of sp³-hybridized carbons (Fsp3) is 0.524. The first-order valence-electron chi connectivity index (χ1n) is 8.51. The third-order valence-electron chi connectivity index (χ3n) is 4.09. The van der Waals surface area contributed by atoms with E-state index >= 15 is 0 Å². The highest BCUT2D eigenvalue weighted by atomic mass is 15.0. The fourth-order valence-electron chi connectivity index (χ4n) is 3.59. The van der Waals surface area contributed by atoms with Crippen LogP contribution in [0.25, 0.3) is 0 Å². The Balaban J connectivity index is 2.32. The topological polar surface area (TPSA) is 15.3 Å². The van der Waals surface area contributed by atoms with E-state index in [9.17, 15) is 0 Å². The van der Waals surface area contributed by atoms with Gasteiger partial charge in [-0.2, -0.15) is 0 Å². The van der Waals surface area contributed by atoms with Gasteiger partial charge in [0.15, 0.2) is 0 Å². The molecule has 0 spiro atoms. The number of rotatable bonds is 5. The minimum atomic E-state index is -0.0686. The molecule has 1 aliphatic carbocycles. The predicted molar refractivity (Wildman–Crippen MR) is 101 cm³/mol. The summed E-state index contributed by atoms with van der Waals surface area (Å²) in [6, 6.07) is 8.83. The molecule has 0 fully saturated rings. The molecule has 126 valence electrons. The number of likely N-dealkylation sites (N-methyl/N-ethyl adjacent to an activating group) is 1. The highest BCUT2D eigenvalue weighted by Crippen LogP contribution is 2.35. The first-order valence-corrected chi connectivity index (χ1v) is 8.51. The third kappa shape index (κ3) is 4.79. The van der Waals surface area contributed by atoms with E-state index in [0.717, 1.165) is 6.54 Å². The molecule has 0 heterocycles. The number of hydrogen-bond acceptors (Lipinski definition) is 2. The number of nitrogens with one attached hydrogen (secondary N) is 1. The summed E-state index contributed by atoms with van der Waals surface area (Å²) in [5, 5.41) is 3.77. The Bertz CT molecular complexity index is 601. The van der Waals surface area contributed by atoms with E-state index in [-0.39, 0.29) is 11.1 Å². The van der Waals surface area contributed by atoms with Crippen molar-refractivity contribution in [3.8, 4) is 0 Å². The molecule has 0 radical (unpaired) electrons. The fourth-order valence-corrected chi connectivity index (χ4v) is 3.59. The van der Waals surface area contributed by atoms with Crippen molar-refractivity contribution in [2.75, 3.05) is 20.6 Å². The van der Waals surface area contributed by atoms with E-state index in [1.807, 2.05) is 0 Å². The third-order valence-corrected chi connectivity index (χ3v) is 4.09. The molecule has 1 aromatic rings. The van der Waals surface area contributed by atoms with Crippen molar-refractivity contribution in [1.82, 2.24) is 10.2 Å². The van der Waals surface area contributed by atoms with Gasteiger partial charge in [0.2, 0.25) is 0 Å². The van der Waals surface area contributed by atoms with Gasteiger partial charge >= 0.3 is 0 Å². The molecule has 2 nitrogen and oxygen atoms in total. The molecular weight excluding hydrogens is 280 g/mol. The van der Waals surface area contributed by atoms with E-state index in [0.29, 0.717) is 5.92 Å². The summed E-state index contributed by atoms with van der Waals surface area (Å²) in [7, 11) is 4.23. The largest absolute Gasteiger partial charge is 0.305 e. The maximum atomic E-state index is 3.77. The Kier molecular flexibility index (Phi) is 5.17. The molecule has 1 N–H and O–H groups in total. The first kappa shape index (κ1) is 18.0. The summed E-state index contributed by atoms with van der Waals surface area (Å²) in [5.41, 5.74) is 4.19. The molecule has 23 heavy (non-hydrogen) atoms. The van der Waals surface area contributed by atoms with Crippen molar-refractivity contribution in [2.24, 2.45) is 0 Å². The molecule has 1 atom stereocenters. The van der Waals surface area contributed by atoms with Gasteiger partial charge in [-0.15, -0.1) is 0 Å². The number of nitrogens with zero attached hydrogens (tertiary/aromatic N) is 1. The van der Waals surface area contributed by atoms with Gasteiger partial charge in [0.25, 0.3) is 0 Å². The molecule has 2 heteroatoms. The summed E-state index contributed by atoms with van der Waals surface area (Å²) in [5.74, 6) is 0.377. The van der Waals surface area contributed by atoms with Gasteiger partial charge in [-0.3, -0.25) is 0 Å².